The van der Waals surface area contributed by atoms with Crippen molar-refractivity contribution in [2.24, 2.45) is 0 Å². The van der Waals surface area contributed by atoms with Gasteiger partial charge in [-0.05, 0) is 19.1 Å². The van der Waals surface area contributed by atoms with Crippen LogP contribution in [0.15, 0.2) is 24.3 Å². The monoisotopic (exact) mass is 281 g/mol. The molecule has 1 aromatic heterocycles. The van der Waals surface area contributed by atoms with Crippen LogP contribution in [0.1, 0.15) is 23.1 Å². The molecule has 0 fully saturated rings. The number of carbonyl (C=O) groups is 1. The lowest BCUT2D eigenvalue weighted by atomic mass is 10.3. The Balaban J connectivity index is 2.21. The Morgan fingerprint density at radius 2 is 2.21 bits per heavy atom. The number of carboxylic acid groups (broad SMARTS) is 1. The van der Waals surface area contributed by atoms with Gasteiger partial charge in [0.2, 0.25) is 0 Å². The molecule has 0 radical (unpaired) electrons. The molecule has 0 bridgehead atoms. The zero-order chi connectivity index (χ0) is 13.8. The highest BCUT2D eigenvalue weighted by Crippen LogP contribution is 2.24. The molecule has 0 amide bonds. The van der Waals surface area contributed by atoms with Gasteiger partial charge in [-0.1, -0.05) is 28.9 Å². The van der Waals surface area contributed by atoms with Gasteiger partial charge in [-0.25, -0.2) is 9.48 Å². The molecule has 19 heavy (non-hydrogen) atoms. The first-order valence-electron chi connectivity index (χ1n) is 5.66. The quantitative estimate of drug-likeness (QED) is 0.909. The van der Waals surface area contributed by atoms with Crippen molar-refractivity contribution in [2.45, 2.75) is 20.1 Å². The number of aromatic carboxylic acids is 1. The van der Waals surface area contributed by atoms with E-state index in [2.05, 4.69) is 10.3 Å². The fraction of sp³-hybridized carbons (Fsp3) is 0.250. The minimum Gasteiger partial charge on any atom is -0.486 e. The summed E-state index contributed by atoms with van der Waals surface area (Å²) in [6, 6.07) is 6.98. The molecule has 0 saturated carbocycles. The number of halogens is 1. The topological polar surface area (TPSA) is 77.2 Å². The number of benzene rings is 1. The molecule has 0 unspecified atom stereocenters. The summed E-state index contributed by atoms with van der Waals surface area (Å²) in [5.41, 5.74) is 0.309. The van der Waals surface area contributed by atoms with E-state index in [0.717, 1.165) is 0 Å². The number of aromatic nitrogens is 3. The Kier molecular flexibility index (Phi) is 4.01. The number of aryl methyl sites for hydroxylation is 1. The van der Waals surface area contributed by atoms with Crippen molar-refractivity contribution in [3.8, 4) is 5.75 Å². The van der Waals surface area contributed by atoms with E-state index < -0.39 is 5.97 Å². The van der Waals surface area contributed by atoms with E-state index in [9.17, 15) is 4.79 Å². The lowest BCUT2D eigenvalue weighted by Crippen LogP contribution is -2.10. The molecule has 2 aromatic rings. The van der Waals surface area contributed by atoms with E-state index in [1.807, 2.05) is 6.92 Å². The highest BCUT2D eigenvalue weighted by Gasteiger charge is 2.19. The summed E-state index contributed by atoms with van der Waals surface area (Å²) < 4.78 is 7.00. The number of ether oxygens (including phenoxy) is 1. The molecule has 1 aromatic carbocycles. The van der Waals surface area contributed by atoms with Crippen LogP contribution in [0, 0.1) is 0 Å². The Labute approximate surface area is 114 Å². The van der Waals surface area contributed by atoms with Crippen molar-refractivity contribution in [1.29, 1.82) is 0 Å². The third-order valence-corrected chi connectivity index (χ3v) is 2.85. The Hall–Kier alpha value is -2.08. The molecule has 6 nitrogen and oxygen atoms in total. The second-order valence-electron chi connectivity index (χ2n) is 3.72. The molecule has 0 atom stereocenters. The number of hydrogen-bond donors (Lipinski definition) is 1. The molecule has 0 aliphatic rings. The van der Waals surface area contributed by atoms with Crippen LogP contribution < -0.4 is 4.74 Å². The van der Waals surface area contributed by atoms with Crippen LogP contribution in [0.3, 0.4) is 0 Å². The maximum Gasteiger partial charge on any atom is 0.358 e. The molecule has 100 valence electrons. The number of nitrogens with zero attached hydrogens (tertiary/aromatic N) is 3. The lowest BCUT2D eigenvalue weighted by molar-refractivity contribution is 0.0687. The van der Waals surface area contributed by atoms with Crippen molar-refractivity contribution in [1.82, 2.24) is 15.0 Å². The molecule has 2 rings (SSSR count). The average molecular weight is 282 g/mol. The molecule has 1 N–H and O–H groups in total. The van der Waals surface area contributed by atoms with E-state index in [0.29, 0.717) is 23.0 Å². The van der Waals surface area contributed by atoms with E-state index in [1.54, 1.807) is 24.3 Å². The summed E-state index contributed by atoms with van der Waals surface area (Å²) in [5.74, 6) is -0.637. The predicted molar refractivity (Wildman–Crippen MR) is 68.4 cm³/mol. The SMILES string of the molecule is CCn1nnc(C(=O)O)c1COc1ccccc1Cl. The Morgan fingerprint density at radius 3 is 2.84 bits per heavy atom. The van der Waals surface area contributed by atoms with E-state index in [-0.39, 0.29) is 12.3 Å². The maximum absolute atomic E-state index is 11.0. The first-order chi connectivity index (χ1) is 9.13. The minimum absolute atomic E-state index is 0.0478. The average Bonchev–Trinajstić information content (AvgIpc) is 2.81. The zero-order valence-electron chi connectivity index (χ0n) is 10.2. The van der Waals surface area contributed by atoms with Gasteiger partial charge in [-0.2, -0.15) is 0 Å². The van der Waals surface area contributed by atoms with E-state index in [4.69, 9.17) is 21.4 Å². The normalized spacial score (nSPS) is 10.4. The van der Waals surface area contributed by atoms with Crippen LogP contribution in [0.4, 0.5) is 0 Å². The standard InChI is InChI=1S/C12H12ClN3O3/c1-2-16-9(11(12(17)18)14-15-16)7-19-10-6-4-3-5-8(10)13/h3-6H,2,7H2,1H3,(H,17,18). The lowest BCUT2D eigenvalue weighted by Gasteiger charge is -2.08. The molecule has 0 saturated heterocycles. The van der Waals surface area contributed by atoms with Crippen molar-refractivity contribution in [3.05, 3.63) is 40.7 Å². The third-order valence-electron chi connectivity index (χ3n) is 2.54. The second-order valence-corrected chi connectivity index (χ2v) is 4.13. The predicted octanol–water partition coefficient (Wildman–Crippen LogP) is 2.23. The smallest absolute Gasteiger partial charge is 0.358 e. The van der Waals surface area contributed by atoms with Gasteiger partial charge in [0, 0.05) is 6.54 Å². The molecule has 7 heteroatoms. The Bertz CT molecular complexity index is 598. The van der Waals surface area contributed by atoms with Gasteiger partial charge in [0.05, 0.1) is 5.02 Å². The van der Waals surface area contributed by atoms with Crippen molar-refractivity contribution in [3.63, 3.8) is 0 Å². The second kappa shape index (κ2) is 5.71. The van der Waals surface area contributed by atoms with Crippen LogP contribution in [0.25, 0.3) is 0 Å². The number of hydrogen-bond acceptors (Lipinski definition) is 4. The third kappa shape index (κ3) is 2.85. The van der Waals surface area contributed by atoms with Gasteiger partial charge in [-0.15, -0.1) is 5.10 Å². The van der Waals surface area contributed by atoms with Crippen molar-refractivity contribution >= 4 is 17.6 Å². The van der Waals surface area contributed by atoms with Crippen LogP contribution in [0.5, 0.6) is 5.75 Å². The minimum atomic E-state index is -1.13. The van der Waals surface area contributed by atoms with E-state index >= 15 is 0 Å². The van der Waals surface area contributed by atoms with Gasteiger partial charge >= 0.3 is 5.97 Å². The summed E-state index contributed by atoms with van der Waals surface area (Å²) in [6.45, 7) is 2.41. The van der Waals surface area contributed by atoms with Crippen molar-refractivity contribution in [2.75, 3.05) is 0 Å². The van der Waals surface area contributed by atoms with Gasteiger partial charge in [0.1, 0.15) is 18.1 Å². The van der Waals surface area contributed by atoms with Gasteiger partial charge in [0.15, 0.2) is 5.69 Å². The van der Waals surface area contributed by atoms with Gasteiger partial charge in [-0.3, -0.25) is 0 Å². The van der Waals surface area contributed by atoms with Crippen LogP contribution in [0.2, 0.25) is 5.02 Å². The molecular weight excluding hydrogens is 270 g/mol. The van der Waals surface area contributed by atoms with Crippen LogP contribution in [-0.2, 0) is 13.2 Å². The molecule has 0 aliphatic heterocycles. The Morgan fingerprint density at radius 1 is 1.47 bits per heavy atom. The fourth-order valence-electron chi connectivity index (χ4n) is 1.60. The van der Waals surface area contributed by atoms with Gasteiger partial charge in [0.25, 0.3) is 0 Å². The summed E-state index contributed by atoms with van der Waals surface area (Å²) in [6.07, 6.45) is 0. The molecular formula is C12H12ClN3O3. The summed E-state index contributed by atoms with van der Waals surface area (Å²) in [5, 5.41) is 16.9. The largest absolute Gasteiger partial charge is 0.486 e. The highest BCUT2D eigenvalue weighted by atomic mass is 35.5. The number of rotatable bonds is 5. The molecule has 0 spiro atoms. The van der Waals surface area contributed by atoms with Gasteiger partial charge < -0.3 is 9.84 Å². The maximum atomic E-state index is 11.0. The summed E-state index contributed by atoms with van der Waals surface area (Å²) >= 11 is 5.96. The number of para-hydroxylation sites is 1. The number of carboxylic acids is 1. The summed E-state index contributed by atoms with van der Waals surface area (Å²) in [4.78, 5) is 11.0. The first kappa shape index (κ1) is 13.4. The van der Waals surface area contributed by atoms with Crippen LogP contribution in [-0.4, -0.2) is 26.1 Å². The first-order valence-corrected chi connectivity index (χ1v) is 6.04. The fourth-order valence-corrected chi connectivity index (χ4v) is 1.79. The summed E-state index contributed by atoms with van der Waals surface area (Å²) in [7, 11) is 0. The van der Waals surface area contributed by atoms with Crippen LogP contribution >= 0.6 is 11.6 Å². The zero-order valence-corrected chi connectivity index (χ0v) is 11.0. The molecule has 0 aliphatic carbocycles. The van der Waals surface area contributed by atoms with Crippen molar-refractivity contribution < 1.29 is 14.6 Å². The molecule has 1 heterocycles. The highest BCUT2D eigenvalue weighted by molar-refractivity contribution is 6.32. The van der Waals surface area contributed by atoms with E-state index in [1.165, 1.54) is 4.68 Å².